The lowest BCUT2D eigenvalue weighted by atomic mass is 10.3. The van der Waals surface area contributed by atoms with Crippen molar-refractivity contribution in [2.24, 2.45) is 0 Å². The molecule has 4 rings (SSSR count). The normalized spacial score (nSPS) is 15.0. The SMILES string of the molecule is COc1cc(Nc2cc(N3CCOCC3)nc(O[C@@H](C)c3ncc(F)cn3)n2)[nH]n1. The van der Waals surface area contributed by atoms with E-state index >= 15 is 0 Å². The third kappa shape index (κ3) is 4.71. The Morgan fingerprint density at radius 2 is 1.97 bits per heavy atom. The number of morpholine rings is 1. The molecule has 0 saturated carbocycles. The van der Waals surface area contributed by atoms with Gasteiger partial charge in [-0.05, 0) is 6.92 Å². The number of H-pyrrole nitrogens is 1. The predicted octanol–water partition coefficient (Wildman–Crippen LogP) is 1.86. The highest BCUT2D eigenvalue weighted by Gasteiger charge is 2.19. The molecule has 0 amide bonds. The Labute approximate surface area is 171 Å². The van der Waals surface area contributed by atoms with E-state index in [1.54, 1.807) is 13.0 Å². The molecule has 12 heteroatoms. The molecule has 1 aliphatic rings. The minimum atomic E-state index is -0.578. The first-order valence-electron chi connectivity index (χ1n) is 9.33. The molecular formula is C18H21FN8O3. The molecule has 0 aliphatic carbocycles. The molecule has 11 nitrogen and oxygen atoms in total. The third-order valence-electron chi connectivity index (χ3n) is 4.34. The second-order valence-electron chi connectivity index (χ2n) is 6.46. The Morgan fingerprint density at radius 1 is 1.20 bits per heavy atom. The number of hydrogen-bond donors (Lipinski definition) is 2. The Morgan fingerprint density at radius 3 is 2.67 bits per heavy atom. The summed E-state index contributed by atoms with van der Waals surface area (Å²) in [7, 11) is 1.53. The maximum atomic E-state index is 13.1. The zero-order valence-electron chi connectivity index (χ0n) is 16.5. The minimum absolute atomic E-state index is 0.133. The van der Waals surface area contributed by atoms with Gasteiger partial charge in [0.15, 0.2) is 17.7 Å². The van der Waals surface area contributed by atoms with Crippen molar-refractivity contribution in [1.29, 1.82) is 0 Å². The third-order valence-corrected chi connectivity index (χ3v) is 4.34. The number of rotatable bonds is 7. The van der Waals surface area contributed by atoms with Gasteiger partial charge in [-0.2, -0.15) is 9.97 Å². The number of nitrogens with zero attached hydrogens (tertiary/aromatic N) is 6. The second kappa shape index (κ2) is 8.86. The van der Waals surface area contributed by atoms with E-state index < -0.39 is 11.9 Å². The molecule has 2 N–H and O–H groups in total. The lowest BCUT2D eigenvalue weighted by Crippen LogP contribution is -2.36. The van der Waals surface area contributed by atoms with Crippen LogP contribution in [0.5, 0.6) is 11.9 Å². The Bertz CT molecular complexity index is 978. The molecule has 0 spiro atoms. The van der Waals surface area contributed by atoms with Gasteiger partial charge < -0.3 is 24.4 Å². The van der Waals surface area contributed by atoms with Crippen LogP contribution in [-0.2, 0) is 4.74 Å². The number of methoxy groups -OCH3 is 1. The zero-order chi connectivity index (χ0) is 20.9. The number of ether oxygens (including phenoxy) is 3. The first-order chi connectivity index (χ1) is 14.6. The van der Waals surface area contributed by atoms with Gasteiger partial charge in [-0.15, -0.1) is 5.10 Å². The van der Waals surface area contributed by atoms with E-state index in [1.807, 2.05) is 6.07 Å². The van der Waals surface area contributed by atoms with Crippen molar-refractivity contribution in [3.8, 4) is 11.9 Å². The molecule has 4 heterocycles. The molecule has 30 heavy (non-hydrogen) atoms. The average Bonchev–Trinajstić information content (AvgIpc) is 3.22. The molecule has 1 saturated heterocycles. The second-order valence-corrected chi connectivity index (χ2v) is 6.46. The molecule has 1 aliphatic heterocycles. The number of aromatic nitrogens is 6. The van der Waals surface area contributed by atoms with Crippen molar-refractivity contribution < 1.29 is 18.6 Å². The van der Waals surface area contributed by atoms with Crippen LogP contribution in [0.15, 0.2) is 24.5 Å². The summed E-state index contributed by atoms with van der Waals surface area (Å²) in [6.07, 6.45) is 1.60. The van der Waals surface area contributed by atoms with Crippen molar-refractivity contribution in [1.82, 2.24) is 30.1 Å². The van der Waals surface area contributed by atoms with Crippen LogP contribution >= 0.6 is 0 Å². The molecule has 0 bridgehead atoms. The smallest absolute Gasteiger partial charge is 0.321 e. The summed E-state index contributed by atoms with van der Waals surface area (Å²) in [5.74, 6) is 2.03. The van der Waals surface area contributed by atoms with E-state index in [1.165, 1.54) is 7.11 Å². The van der Waals surface area contributed by atoms with E-state index in [0.717, 1.165) is 12.4 Å². The maximum Gasteiger partial charge on any atom is 0.321 e. The fourth-order valence-corrected chi connectivity index (χ4v) is 2.84. The summed E-state index contributed by atoms with van der Waals surface area (Å²) in [4.78, 5) is 18.9. The summed E-state index contributed by atoms with van der Waals surface area (Å²) >= 11 is 0. The fourth-order valence-electron chi connectivity index (χ4n) is 2.84. The highest BCUT2D eigenvalue weighted by Crippen LogP contribution is 2.25. The fraction of sp³-hybridized carbons (Fsp3) is 0.389. The Kier molecular flexibility index (Phi) is 5.84. The largest absolute Gasteiger partial charge is 0.480 e. The van der Waals surface area contributed by atoms with E-state index in [4.69, 9.17) is 14.2 Å². The monoisotopic (exact) mass is 416 g/mol. The van der Waals surface area contributed by atoms with Crippen LogP contribution in [0.3, 0.4) is 0 Å². The molecule has 1 atom stereocenters. The van der Waals surface area contributed by atoms with Gasteiger partial charge in [-0.25, -0.2) is 14.4 Å². The summed E-state index contributed by atoms with van der Waals surface area (Å²) in [6.45, 7) is 4.36. The lowest BCUT2D eigenvalue weighted by Gasteiger charge is -2.28. The zero-order valence-corrected chi connectivity index (χ0v) is 16.5. The van der Waals surface area contributed by atoms with E-state index in [-0.39, 0.29) is 6.01 Å². The van der Waals surface area contributed by atoms with E-state index in [9.17, 15) is 4.39 Å². The highest BCUT2D eigenvalue weighted by molar-refractivity contribution is 5.58. The molecule has 0 radical (unpaired) electrons. The standard InChI is InChI=1S/C18H21FN8O3/c1-11(17-20-9-12(19)10-21-17)30-18-23-13(22-14-8-16(28-2)26-25-14)7-15(24-18)27-3-5-29-6-4-27/h7-11H,3-6H2,1-2H3,(H2,22,23,24,25,26)/t11-/m0/s1. The van der Waals surface area contributed by atoms with Crippen molar-refractivity contribution in [2.45, 2.75) is 13.0 Å². The summed E-state index contributed by atoms with van der Waals surface area (Å²) in [5, 5.41) is 9.95. The van der Waals surface area contributed by atoms with Crippen LogP contribution in [0.4, 0.5) is 21.8 Å². The number of anilines is 3. The van der Waals surface area contributed by atoms with Crippen molar-refractivity contribution >= 4 is 17.5 Å². The highest BCUT2D eigenvalue weighted by atomic mass is 19.1. The Balaban J connectivity index is 1.59. The van der Waals surface area contributed by atoms with Crippen LogP contribution in [0, 0.1) is 5.82 Å². The molecule has 158 valence electrons. The average molecular weight is 416 g/mol. The summed E-state index contributed by atoms with van der Waals surface area (Å²) in [6, 6.07) is 3.64. The predicted molar refractivity (Wildman–Crippen MR) is 105 cm³/mol. The molecule has 0 unspecified atom stereocenters. The van der Waals surface area contributed by atoms with Gasteiger partial charge in [-0.1, -0.05) is 0 Å². The van der Waals surface area contributed by atoms with Crippen molar-refractivity contribution in [2.75, 3.05) is 43.6 Å². The van der Waals surface area contributed by atoms with Crippen LogP contribution in [-0.4, -0.2) is 63.5 Å². The summed E-state index contributed by atoms with van der Waals surface area (Å²) in [5.41, 5.74) is 0. The van der Waals surface area contributed by atoms with Crippen LogP contribution in [0.2, 0.25) is 0 Å². The van der Waals surface area contributed by atoms with Gasteiger partial charge in [0.2, 0.25) is 5.88 Å². The molecule has 0 aromatic carbocycles. The van der Waals surface area contributed by atoms with Crippen LogP contribution in [0.1, 0.15) is 18.9 Å². The topological polar surface area (TPSA) is 123 Å². The Hall–Kier alpha value is -3.54. The number of hydrogen-bond acceptors (Lipinski definition) is 10. The number of aromatic amines is 1. The van der Waals surface area contributed by atoms with Crippen LogP contribution < -0.4 is 19.7 Å². The molecule has 3 aromatic rings. The van der Waals surface area contributed by atoms with Crippen molar-refractivity contribution in [3.63, 3.8) is 0 Å². The maximum absolute atomic E-state index is 13.1. The van der Waals surface area contributed by atoms with Gasteiger partial charge in [0.25, 0.3) is 0 Å². The lowest BCUT2D eigenvalue weighted by molar-refractivity contribution is 0.122. The molecule has 3 aromatic heterocycles. The van der Waals surface area contributed by atoms with Gasteiger partial charge >= 0.3 is 6.01 Å². The van der Waals surface area contributed by atoms with Crippen molar-refractivity contribution in [3.05, 3.63) is 36.2 Å². The molecule has 1 fully saturated rings. The van der Waals surface area contributed by atoms with Gasteiger partial charge in [-0.3, -0.25) is 5.10 Å². The van der Waals surface area contributed by atoms with Gasteiger partial charge in [0.05, 0.1) is 32.7 Å². The first kappa shape index (κ1) is 19.8. The molecular weight excluding hydrogens is 395 g/mol. The van der Waals surface area contributed by atoms with Crippen LogP contribution in [0.25, 0.3) is 0 Å². The van der Waals surface area contributed by atoms with Gasteiger partial charge in [0.1, 0.15) is 17.5 Å². The van der Waals surface area contributed by atoms with E-state index in [2.05, 4.69) is 40.3 Å². The minimum Gasteiger partial charge on any atom is -0.480 e. The van der Waals surface area contributed by atoms with Gasteiger partial charge in [0, 0.05) is 25.2 Å². The quantitative estimate of drug-likeness (QED) is 0.590. The first-order valence-corrected chi connectivity index (χ1v) is 9.33. The summed E-state index contributed by atoms with van der Waals surface area (Å²) < 4.78 is 29.5. The number of halogens is 1. The van der Waals surface area contributed by atoms with E-state index in [0.29, 0.717) is 55.5 Å². The number of nitrogens with one attached hydrogen (secondary N) is 2.